The predicted octanol–water partition coefficient (Wildman–Crippen LogP) is 4.17. The summed E-state index contributed by atoms with van der Waals surface area (Å²) in [6.07, 6.45) is 2.66. The lowest BCUT2D eigenvalue weighted by molar-refractivity contribution is 0.0750. The van der Waals surface area contributed by atoms with Crippen LogP contribution in [-0.2, 0) is 19.5 Å². The Kier molecular flexibility index (Phi) is 4.25. The van der Waals surface area contributed by atoms with Crippen LogP contribution in [-0.4, -0.2) is 20.8 Å². The molecule has 0 N–H and O–H groups in total. The minimum absolute atomic E-state index is 0.0392. The third-order valence-corrected chi connectivity index (χ3v) is 4.90. The number of aryl methyl sites for hydroxylation is 2. The highest BCUT2D eigenvalue weighted by atomic mass is 16.2. The van der Waals surface area contributed by atoms with E-state index < -0.39 is 0 Å². The molecule has 26 heavy (non-hydrogen) atoms. The van der Waals surface area contributed by atoms with Crippen LogP contribution in [0.5, 0.6) is 0 Å². The van der Waals surface area contributed by atoms with E-state index in [2.05, 4.69) is 29.0 Å². The molecule has 0 atom stereocenters. The predicted molar refractivity (Wildman–Crippen MR) is 102 cm³/mol. The Labute approximate surface area is 153 Å². The second-order valence-corrected chi connectivity index (χ2v) is 6.67. The summed E-state index contributed by atoms with van der Waals surface area (Å²) in [5, 5.41) is 0. The maximum absolute atomic E-state index is 12.9. The first-order valence-corrected chi connectivity index (χ1v) is 8.94. The highest BCUT2D eigenvalue weighted by Crippen LogP contribution is 2.26. The summed E-state index contributed by atoms with van der Waals surface area (Å²) in [7, 11) is 0. The van der Waals surface area contributed by atoms with Gasteiger partial charge >= 0.3 is 0 Å². The highest BCUT2D eigenvalue weighted by Gasteiger charge is 2.26. The van der Waals surface area contributed by atoms with Crippen molar-refractivity contribution in [1.29, 1.82) is 0 Å². The number of hydrogen-bond donors (Lipinski definition) is 0. The lowest BCUT2D eigenvalue weighted by atomic mass is 9.99. The summed E-state index contributed by atoms with van der Waals surface area (Å²) in [4.78, 5) is 23.6. The number of carbonyl (C=O) groups excluding carboxylic acids is 1. The van der Waals surface area contributed by atoms with Gasteiger partial charge < -0.3 is 4.90 Å². The molecule has 2 heterocycles. The zero-order chi connectivity index (χ0) is 18.1. The molecule has 1 aliphatic heterocycles. The number of benzene rings is 2. The van der Waals surface area contributed by atoms with Crippen molar-refractivity contribution in [2.24, 2.45) is 0 Å². The number of hydrogen-bond acceptors (Lipinski definition) is 3. The summed E-state index contributed by atoms with van der Waals surface area (Å²) in [6.45, 7) is 5.28. The molecule has 1 aromatic heterocycles. The molecule has 0 bridgehead atoms. The van der Waals surface area contributed by atoms with Gasteiger partial charge in [-0.3, -0.25) is 4.79 Å². The third kappa shape index (κ3) is 2.99. The maximum atomic E-state index is 12.9. The maximum Gasteiger partial charge on any atom is 0.254 e. The van der Waals surface area contributed by atoms with Crippen molar-refractivity contribution in [3.8, 4) is 11.1 Å². The highest BCUT2D eigenvalue weighted by molar-refractivity contribution is 5.95. The van der Waals surface area contributed by atoms with Gasteiger partial charge in [-0.1, -0.05) is 43.3 Å². The van der Waals surface area contributed by atoms with E-state index >= 15 is 0 Å². The van der Waals surface area contributed by atoms with E-state index in [-0.39, 0.29) is 5.91 Å². The van der Waals surface area contributed by atoms with Crippen LogP contribution in [0.3, 0.4) is 0 Å². The Bertz CT molecular complexity index is 963. The van der Waals surface area contributed by atoms with Crippen LogP contribution in [0.2, 0.25) is 0 Å². The number of carbonyl (C=O) groups is 1. The van der Waals surface area contributed by atoms with Crippen molar-refractivity contribution in [3.05, 3.63) is 82.9 Å². The van der Waals surface area contributed by atoms with E-state index in [9.17, 15) is 4.79 Å². The van der Waals surface area contributed by atoms with Crippen molar-refractivity contribution in [1.82, 2.24) is 14.9 Å². The number of fused-ring (bicyclic) bond motifs is 1. The molecule has 0 aliphatic carbocycles. The van der Waals surface area contributed by atoms with Gasteiger partial charge in [0.05, 0.1) is 12.2 Å². The van der Waals surface area contributed by atoms with Gasteiger partial charge in [0.1, 0.15) is 5.82 Å². The molecule has 4 rings (SSSR count). The van der Waals surface area contributed by atoms with Gasteiger partial charge in [0.15, 0.2) is 0 Å². The second kappa shape index (κ2) is 6.71. The first kappa shape index (κ1) is 16.5. The van der Waals surface area contributed by atoms with Gasteiger partial charge in [-0.2, -0.15) is 0 Å². The minimum Gasteiger partial charge on any atom is -0.328 e. The molecule has 4 nitrogen and oxygen atoms in total. The fourth-order valence-corrected chi connectivity index (χ4v) is 3.38. The standard InChI is InChI=1S/C22H21N3O/c1-3-21-23-12-18-13-25(14-20(18)24-21)22(26)17-10-8-16(9-11-17)19-7-5-4-6-15(19)2/h4-12H,3,13-14H2,1-2H3. The van der Waals surface area contributed by atoms with E-state index in [0.29, 0.717) is 18.7 Å². The van der Waals surface area contributed by atoms with Crippen LogP contribution >= 0.6 is 0 Å². The van der Waals surface area contributed by atoms with Gasteiger partial charge in [0.2, 0.25) is 0 Å². The Morgan fingerprint density at radius 1 is 1.08 bits per heavy atom. The molecule has 0 spiro atoms. The van der Waals surface area contributed by atoms with Crippen molar-refractivity contribution < 1.29 is 4.79 Å². The molecular weight excluding hydrogens is 322 g/mol. The lowest BCUT2D eigenvalue weighted by Gasteiger charge is -2.15. The van der Waals surface area contributed by atoms with Gasteiger partial charge in [-0.25, -0.2) is 9.97 Å². The van der Waals surface area contributed by atoms with E-state index in [0.717, 1.165) is 29.1 Å². The molecule has 0 saturated heterocycles. The molecule has 4 heteroatoms. The Balaban J connectivity index is 1.53. The lowest BCUT2D eigenvalue weighted by Crippen LogP contribution is -2.25. The van der Waals surface area contributed by atoms with Crippen molar-refractivity contribution >= 4 is 5.91 Å². The summed E-state index contributed by atoms with van der Waals surface area (Å²) in [5.41, 5.74) is 6.28. The molecule has 130 valence electrons. The average Bonchev–Trinajstić information content (AvgIpc) is 3.11. The Hall–Kier alpha value is -3.01. The number of amides is 1. The van der Waals surface area contributed by atoms with Crippen LogP contribution in [0.15, 0.2) is 54.7 Å². The van der Waals surface area contributed by atoms with E-state index in [1.54, 1.807) is 0 Å². The molecule has 0 fully saturated rings. The van der Waals surface area contributed by atoms with Gasteiger partial charge in [0.25, 0.3) is 5.91 Å². The number of nitrogens with zero attached hydrogens (tertiary/aromatic N) is 3. The number of aromatic nitrogens is 2. The smallest absolute Gasteiger partial charge is 0.254 e. The van der Waals surface area contributed by atoms with E-state index in [4.69, 9.17) is 0 Å². The first-order valence-electron chi connectivity index (χ1n) is 8.94. The van der Waals surface area contributed by atoms with Crippen LogP contribution < -0.4 is 0 Å². The first-order chi connectivity index (χ1) is 12.7. The summed E-state index contributed by atoms with van der Waals surface area (Å²) < 4.78 is 0. The zero-order valence-electron chi connectivity index (χ0n) is 15.1. The molecule has 1 aliphatic rings. The summed E-state index contributed by atoms with van der Waals surface area (Å²) >= 11 is 0. The fraction of sp³-hybridized carbons (Fsp3) is 0.227. The molecule has 2 aromatic carbocycles. The van der Waals surface area contributed by atoms with Gasteiger partial charge in [-0.05, 0) is 35.7 Å². The summed E-state index contributed by atoms with van der Waals surface area (Å²) in [6, 6.07) is 16.1. The number of rotatable bonds is 3. The third-order valence-electron chi connectivity index (χ3n) is 4.90. The monoisotopic (exact) mass is 343 g/mol. The SMILES string of the molecule is CCc1ncc2c(n1)CN(C(=O)c1ccc(-c3ccccc3C)cc1)C2. The van der Waals surface area contributed by atoms with Gasteiger partial charge in [-0.15, -0.1) is 0 Å². The topological polar surface area (TPSA) is 46.1 Å². The average molecular weight is 343 g/mol. The van der Waals surface area contributed by atoms with Crippen molar-refractivity contribution in [2.75, 3.05) is 0 Å². The van der Waals surface area contributed by atoms with Crippen molar-refractivity contribution in [2.45, 2.75) is 33.4 Å². The zero-order valence-corrected chi connectivity index (χ0v) is 15.1. The molecule has 0 radical (unpaired) electrons. The molecule has 0 saturated carbocycles. The summed E-state index contributed by atoms with van der Waals surface area (Å²) in [5.74, 6) is 0.873. The van der Waals surface area contributed by atoms with Crippen LogP contribution in [0.4, 0.5) is 0 Å². The van der Waals surface area contributed by atoms with Gasteiger partial charge in [0, 0.05) is 30.3 Å². The van der Waals surface area contributed by atoms with Crippen LogP contribution in [0.25, 0.3) is 11.1 Å². The van der Waals surface area contributed by atoms with Crippen LogP contribution in [0, 0.1) is 6.92 Å². The van der Waals surface area contributed by atoms with Crippen LogP contribution in [0.1, 0.15) is 39.9 Å². The second-order valence-electron chi connectivity index (χ2n) is 6.67. The Morgan fingerprint density at radius 2 is 1.85 bits per heavy atom. The van der Waals surface area contributed by atoms with E-state index in [1.165, 1.54) is 11.1 Å². The normalized spacial score (nSPS) is 12.9. The quantitative estimate of drug-likeness (QED) is 0.717. The Morgan fingerprint density at radius 3 is 2.58 bits per heavy atom. The molecule has 1 amide bonds. The molecular formula is C22H21N3O. The van der Waals surface area contributed by atoms with Crippen molar-refractivity contribution in [3.63, 3.8) is 0 Å². The van der Waals surface area contributed by atoms with E-state index in [1.807, 2.05) is 54.4 Å². The molecule has 3 aromatic rings. The fourth-order valence-electron chi connectivity index (χ4n) is 3.38. The largest absolute Gasteiger partial charge is 0.328 e. The minimum atomic E-state index is 0.0392. The molecule has 0 unspecified atom stereocenters.